The van der Waals surface area contributed by atoms with Gasteiger partial charge in [0.15, 0.2) is 5.11 Å². The summed E-state index contributed by atoms with van der Waals surface area (Å²) in [4.78, 5) is 16.7. The molecule has 164 valence electrons. The molecule has 1 aliphatic heterocycles. The van der Waals surface area contributed by atoms with Crippen molar-refractivity contribution in [2.75, 3.05) is 11.9 Å². The quantitative estimate of drug-likeness (QED) is 0.214. The molecule has 3 aromatic carbocycles. The topological polar surface area (TPSA) is 28.5 Å². The van der Waals surface area contributed by atoms with Crippen molar-refractivity contribution >= 4 is 73.4 Å². The molecule has 0 unspecified atom stereocenters. The lowest BCUT2D eigenvalue weighted by atomic mass is 10.1. The SMILES string of the molecule is CN1C(=S)N(c2ccccc2)C(=O)/C1=C/c1cn(Cc2ccccc2Cl)c2ccc(Br)cc12. The standard InChI is InChI=1S/C26H19BrClN3OS/c1-29-24(25(32)31(26(29)33)20-8-3-2-4-9-20)13-18-16-30(15-17-7-5-6-10-22(17)28)23-12-11-19(27)14-21(18)23/h2-14,16H,15H2,1H3/b24-13-. The smallest absolute Gasteiger partial charge is 0.281 e. The highest BCUT2D eigenvalue weighted by molar-refractivity contribution is 9.10. The largest absolute Gasteiger partial charge is 0.342 e. The normalized spacial score (nSPS) is 15.3. The van der Waals surface area contributed by atoms with Gasteiger partial charge in [0, 0.05) is 45.8 Å². The van der Waals surface area contributed by atoms with Crippen LogP contribution in [0.1, 0.15) is 11.1 Å². The number of aromatic nitrogens is 1. The lowest BCUT2D eigenvalue weighted by molar-refractivity contribution is -0.114. The summed E-state index contributed by atoms with van der Waals surface area (Å²) in [5.41, 5.74) is 4.31. The number of carbonyl (C=O) groups excluding carboxylic acids is 1. The molecule has 1 amide bonds. The van der Waals surface area contributed by atoms with Crippen molar-refractivity contribution in [3.05, 3.63) is 105 Å². The summed E-state index contributed by atoms with van der Waals surface area (Å²) in [7, 11) is 1.83. The molecule has 0 atom stereocenters. The molecule has 2 heterocycles. The zero-order valence-electron chi connectivity index (χ0n) is 17.7. The van der Waals surface area contributed by atoms with E-state index in [0.29, 0.717) is 17.4 Å². The molecule has 1 saturated heterocycles. The Morgan fingerprint density at radius 3 is 2.52 bits per heavy atom. The molecule has 0 spiro atoms. The Morgan fingerprint density at radius 2 is 1.76 bits per heavy atom. The first-order valence-electron chi connectivity index (χ1n) is 10.3. The Hall–Kier alpha value is -2.93. The molecule has 7 heteroatoms. The van der Waals surface area contributed by atoms with Gasteiger partial charge in [-0.3, -0.25) is 9.69 Å². The van der Waals surface area contributed by atoms with E-state index >= 15 is 0 Å². The maximum Gasteiger partial charge on any atom is 0.281 e. The monoisotopic (exact) mass is 535 g/mol. The minimum atomic E-state index is -0.143. The van der Waals surface area contributed by atoms with Gasteiger partial charge >= 0.3 is 0 Å². The first-order chi connectivity index (χ1) is 15.9. The number of carbonyl (C=O) groups is 1. The van der Waals surface area contributed by atoms with Crippen molar-refractivity contribution < 1.29 is 4.79 Å². The van der Waals surface area contributed by atoms with E-state index in [-0.39, 0.29) is 5.91 Å². The second-order valence-electron chi connectivity index (χ2n) is 7.81. The molecule has 4 nitrogen and oxygen atoms in total. The second-order valence-corrected chi connectivity index (χ2v) is 9.50. The van der Waals surface area contributed by atoms with Crippen LogP contribution in [-0.2, 0) is 11.3 Å². The Kier molecular flexibility index (Phi) is 5.83. The van der Waals surface area contributed by atoms with E-state index in [1.165, 1.54) is 0 Å². The molecule has 0 bridgehead atoms. The summed E-state index contributed by atoms with van der Waals surface area (Å²) >= 11 is 15.6. The number of fused-ring (bicyclic) bond motifs is 1. The first kappa shape index (κ1) is 21.9. The molecule has 5 rings (SSSR count). The van der Waals surface area contributed by atoms with Crippen LogP contribution in [0.5, 0.6) is 0 Å². The van der Waals surface area contributed by atoms with Gasteiger partial charge < -0.3 is 9.47 Å². The zero-order chi connectivity index (χ0) is 23.1. The Morgan fingerprint density at radius 1 is 1.03 bits per heavy atom. The molecular formula is C26H19BrClN3OS. The summed E-state index contributed by atoms with van der Waals surface area (Å²) in [6.45, 7) is 0.624. The van der Waals surface area contributed by atoms with E-state index in [4.69, 9.17) is 23.8 Å². The molecule has 0 saturated carbocycles. The fourth-order valence-electron chi connectivity index (χ4n) is 4.06. The van der Waals surface area contributed by atoms with Gasteiger partial charge in [-0.2, -0.15) is 0 Å². The molecule has 0 aliphatic carbocycles. The lowest BCUT2D eigenvalue weighted by Crippen LogP contribution is -2.30. The average Bonchev–Trinajstić information content (AvgIpc) is 3.25. The summed E-state index contributed by atoms with van der Waals surface area (Å²) in [5, 5.41) is 2.22. The van der Waals surface area contributed by atoms with Gasteiger partial charge in [-0.25, -0.2) is 0 Å². The van der Waals surface area contributed by atoms with Crippen LogP contribution in [0.3, 0.4) is 0 Å². The van der Waals surface area contributed by atoms with Gasteiger partial charge in [0.1, 0.15) is 5.70 Å². The summed E-state index contributed by atoms with van der Waals surface area (Å²) in [6, 6.07) is 23.5. The van der Waals surface area contributed by atoms with Crippen molar-refractivity contribution in [1.82, 2.24) is 9.47 Å². The number of amides is 1. The van der Waals surface area contributed by atoms with Crippen LogP contribution < -0.4 is 4.90 Å². The maximum absolute atomic E-state index is 13.4. The number of hydrogen-bond acceptors (Lipinski definition) is 2. The molecule has 1 aliphatic rings. The predicted octanol–water partition coefficient (Wildman–Crippen LogP) is 6.71. The van der Waals surface area contributed by atoms with Crippen LogP contribution in [0.4, 0.5) is 5.69 Å². The van der Waals surface area contributed by atoms with Crippen molar-refractivity contribution in [1.29, 1.82) is 0 Å². The highest BCUT2D eigenvalue weighted by atomic mass is 79.9. The molecule has 1 fully saturated rings. The van der Waals surface area contributed by atoms with Crippen molar-refractivity contribution in [2.45, 2.75) is 6.54 Å². The van der Waals surface area contributed by atoms with Gasteiger partial charge in [0.05, 0.1) is 5.69 Å². The number of anilines is 1. The predicted molar refractivity (Wildman–Crippen MR) is 142 cm³/mol. The minimum absolute atomic E-state index is 0.143. The third-order valence-electron chi connectivity index (χ3n) is 5.74. The van der Waals surface area contributed by atoms with Crippen LogP contribution >= 0.6 is 39.7 Å². The van der Waals surface area contributed by atoms with Gasteiger partial charge in [0.2, 0.25) is 0 Å². The Balaban J connectivity index is 1.60. The Bertz CT molecular complexity index is 1430. The highest BCUT2D eigenvalue weighted by Crippen LogP contribution is 2.32. The Labute approximate surface area is 210 Å². The number of nitrogens with zero attached hydrogens (tertiary/aromatic N) is 3. The number of likely N-dealkylation sites (N-methyl/N-ethyl adjacent to an activating group) is 1. The molecule has 0 N–H and O–H groups in total. The van der Waals surface area contributed by atoms with Gasteiger partial charge in [-0.1, -0.05) is 63.9 Å². The fourth-order valence-corrected chi connectivity index (χ4v) is 4.90. The summed E-state index contributed by atoms with van der Waals surface area (Å²) < 4.78 is 3.12. The third kappa shape index (κ3) is 3.99. The second kappa shape index (κ2) is 8.78. The summed E-state index contributed by atoms with van der Waals surface area (Å²) in [6.07, 6.45) is 3.97. The molecule has 33 heavy (non-hydrogen) atoms. The van der Waals surface area contributed by atoms with Gasteiger partial charge in [0.25, 0.3) is 5.91 Å². The first-order valence-corrected chi connectivity index (χ1v) is 11.9. The average molecular weight is 537 g/mol. The molecule has 1 aromatic heterocycles. The van der Waals surface area contributed by atoms with Crippen LogP contribution in [0.15, 0.2) is 89.2 Å². The van der Waals surface area contributed by atoms with E-state index in [0.717, 1.165) is 37.2 Å². The van der Waals surface area contributed by atoms with E-state index in [1.807, 2.05) is 73.8 Å². The van der Waals surface area contributed by atoms with E-state index in [9.17, 15) is 4.79 Å². The maximum atomic E-state index is 13.4. The van der Waals surface area contributed by atoms with E-state index in [1.54, 1.807) is 9.80 Å². The van der Waals surface area contributed by atoms with Crippen LogP contribution in [0, 0.1) is 0 Å². The fraction of sp³-hybridized carbons (Fsp3) is 0.0769. The van der Waals surface area contributed by atoms with Crippen LogP contribution in [0.2, 0.25) is 5.02 Å². The van der Waals surface area contributed by atoms with Crippen LogP contribution in [-0.4, -0.2) is 27.5 Å². The molecule has 4 aromatic rings. The number of halogens is 2. The number of hydrogen-bond donors (Lipinski definition) is 0. The highest BCUT2D eigenvalue weighted by Gasteiger charge is 2.36. The van der Waals surface area contributed by atoms with E-state index < -0.39 is 0 Å². The third-order valence-corrected chi connectivity index (χ3v) is 7.06. The van der Waals surface area contributed by atoms with Crippen molar-refractivity contribution in [3.63, 3.8) is 0 Å². The number of rotatable bonds is 4. The number of thiocarbonyl (C=S) groups is 1. The van der Waals surface area contributed by atoms with E-state index in [2.05, 4.69) is 38.8 Å². The number of benzene rings is 3. The number of para-hydroxylation sites is 1. The minimum Gasteiger partial charge on any atom is -0.342 e. The molecular weight excluding hydrogens is 518 g/mol. The van der Waals surface area contributed by atoms with Gasteiger partial charge in [-0.15, -0.1) is 0 Å². The summed E-state index contributed by atoms with van der Waals surface area (Å²) in [5.74, 6) is -0.143. The van der Waals surface area contributed by atoms with Gasteiger partial charge in [-0.05, 0) is 60.3 Å². The lowest BCUT2D eigenvalue weighted by Gasteiger charge is -2.16. The van der Waals surface area contributed by atoms with Crippen LogP contribution in [0.25, 0.3) is 17.0 Å². The molecule has 0 radical (unpaired) electrons. The van der Waals surface area contributed by atoms with Crippen molar-refractivity contribution in [2.24, 2.45) is 0 Å². The zero-order valence-corrected chi connectivity index (χ0v) is 20.9. The van der Waals surface area contributed by atoms with Crippen molar-refractivity contribution in [3.8, 4) is 0 Å².